The van der Waals surface area contributed by atoms with Crippen LogP contribution in [0.25, 0.3) is 0 Å². The summed E-state index contributed by atoms with van der Waals surface area (Å²) < 4.78 is 0. The van der Waals surface area contributed by atoms with E-state index < -0.39 is 0 Å². The molecule has 0 radical (unpaired) electrons. The Morgan fingerprint density at radius 3 is 3.00 bits per heavy atom. The molecule has 2 nitrogen and oxygen atoms in total. The fourth-order valence-corrected chi connectivity index (χ4v) is 1.57. The molecule has 1 fully saturated rings. The molecule has 1 saturated carbocycles. The van der Waals surface area contributed by atoms with Gasteiger partial charge in [-0.2, -0.15) is 0 Å². The molecule has 1 aliphatic carbocycles. The van der Waals surface area contributed by atoms with E-state index in [-0.39, 0.29) is 6.61 Å². The lowest BCUT2D eigenvalue weighted by Crippen LogP contribution is -2.14. The predicted molar refractivity (Wildman–Crippen MR) is 44.8 cm³/mol. The topological polar surface area (TPSA) is 32.6 Å². The smallest absolute Gasteiger partial charge is 0.0851 e. The van der Waals surface area contributed by atoms with Crippen molar-refractivity contribution in [3.63, 3.8) is 0 Å². The van der Waals surface area contributed by atoms with Crippen molar-refractivity contribution >= 4 is 5.71 Å². The van der Waals surface area contributed by atoms with Crippen LogP contribution in [0.15, 0.2) is 16.6 Å². The molecule has 2 aliphatic rings. The minimum Gasteiger partial charge on any atom is -0.390 e. The van der Waals surface area contributed by atoms with Crippen molar-refractivity contribution in [3.8, 4) is 0 Å². The summed E-state index contributed by atoms with van der Waals surface area (Å²) in [6.45, 7) is 0.994. The average molecular weight is 151 g/mol. The van der Waals surface area contributed by atoms with Crippen molar-refractivity contribution in [2.24, 2.45) is 10.9 Å². The molecule has 1 aliphatic heterocycles. The fraction of sp³-hybridized carbons (Fsp3) is 0.667. The van der Waals surface area contributed by atoms with Crippen LogP contribution in [0.2, 0.25) is 0 Å². The molecule has 0 aromatic rings. The van der Waals surface area contributed by atoms with Crippen LogP contribution in [0.1, 0.15) is 19.3 Å². The summed E-state index contributed by atoms with van der Waals surface area (Å²) in [5, 5.41) is 8.97. The molecule has 0 atom stereocenters. The van der Waals surface area contributed by atoms with Gasteiger partial charge in [-0.15, -0.1) is 0 Å². The first-order valence-electron chi connectivity index (χ1n) is 4.26. The molecule has 0 unspecified atom stereocenters. The highest BCUT2D eigenvalue weighted by Crippen LogP contribution is 2.38. The maximum absolute atomic E-state index is 8.97. The SMILES string of the molecule is OCC1=NCCC=C1C1CC1. The molecular formula is C9H13NO. The molecule has 1 heterocycles. The zero-order valence-electron chi connectivity index (χ0n) is 6.58. The molecule has 0 saturated heterocycles. The van der Waals surface area contributed by atoms with Gasteiger partial charge in [-0.05, 0) is 30.8 Å². The molecule has 60 valence electrons. The molecule has 0 spiro atoms. The third-order valence-electron chi connectivity index (χ3n) is 2.30. The second-order valence-electron chi connectivity index (χ2n) is 3.21. The summed E-state index contributed by atoms with van der Waals surface area (Å²) in [5.41, 5.74) is 2.28. The maximum Gasteiger partial charge on any atom is 0.0851 e. The van der Waals surface area contributed by atoms with E-state index in [0.29, 0.717) is 0 Å². The molecule has 2 rings (SSSR count). The van der Waals surface area contributed by atoms with E-state index in [1.807, 2.05) is 0 Å². The quantitative estimate of drug-likeness (QED) is 0.631. The van der Waals surface area contributed by atoms with Crippen LogP contribution in [-0.2, 0) is 0 Å². The highest BCUT2D eigenvalue weighted by Gasteiger charge is 2.29. The van der Waals surface area contributed by atoms with Crippen LogP contribution >= 0.6 is 0 Å². The minimum absolute atomic E-state index is 0.127. The van der Waals surface area contributed by atoms with Crippen molar-refractivity contribution in [1.29, 1.82) is 0 Å². The van der Waals surface area contributed by atoms with Crippen LogP contribution in [0, 0.1) is 5.92 Å². The van der Waals surface area contributed by atoms with Crippen LogP contribution in [0.5, 0.6) is 0 Å². The van der Waals surface area contributed by atoms with Crippen LogP contribution in [-0.4, -0.2) is 24.0 Å². The summed E-state index contributed by atoms with van der Waals surface area (Å²) in [4.78, 5) is 4.29. The number of nitrogens with zero attached hydrogens (tertiary/aromatic N) is 1. The number of hydrogen-bond donors (Lipinski definition) is 1. The molecule has 2 heteroatoms. The van der Waals surface area contributed by atoms with E-state index in [1.165, 1.54) is 18.4 Å². The van der Waals surface area contributed by atoms with E-state index in [1.54, 1.807) is 0 Å². The number of aliphatic hydroxyl groups is 1. The van der Waals surface area contributed by atoms with E-state index in [4.69, 9.17) is 5.11 Å². The summed E-state index contributed by atoms with van der Waals surface area (Å²) in [6.07, 6.45) is 5.90. The Labute approximate surface area is 66.6 Å². The Morgan fingerprint density at radius 1 is 1.55 bits per heavy atom. The van der Waals surface area contributed by atoms with Gasteiger partial charge in [-0.1, -0.05) is 6.08 Å². The second kappa shape index (κ2) is 2.78. The van der Waals surface area contributed by atoms with Gasteiger partial charge in [0.25, 0.3) is 0 Å². The van der Waals surface area contributed by atoms with Crippen molar-refractivity contribution in [1.82, 2.24) is 0 Å². The highest BCUT2D eigenvalue weighted by molar-refractivity contribution is 6.02. The number of dihydropyridines is 1. The monoisotopic (exact) mass is 151 g/mol. The van der Waals surface area contributed by atoms with Crippen LogP contribution in [0.4, 0.5) is 0 Å². The molecule has 11 heavy (non-hydrogen) atoms. The molecule has 0 aromatic carbocycles. The molecular weight excluding hydrogens is 138 g/mol. The predicted octanol–water partition coefficient (Wildman–Crippen LogP) is 1.16. The van der Waals surface area contributed by atoms with Gasteiger partial charge in [-0.25, -0.2) is 0 Å². The van der Waals surface area contributed by atoms with E-state index >= 15 is 0 Å². The van der Waals surface area contributed by atoms with E-state index in [2.05, 4.69) is 11.1 Å². The third kappa shape index (κ3) is 1.36. The summed E-state index contributed by atoms with van der Waals surface area (Å²) >= 11 is 0. The number of aliphatic hydroxyl groups excluding tert-OH is 1. The molecule has 0 bridgehead atoms. The average Bonchev–Trinajstić information content (AvgIpc) is 2.87. The number of aliphatic imine (C=N–C) groups is 1. The van der Waals surface area contributed by atoms with Gasteiger partial charge >= 0.3 is 0 Å². The normalized spacial score (nSPS) is 24.5. The number of rotatable bonds is 2. The largest absolute Gasteiger partial charge is 0.390 e. The third-order valence-corrected chi connectivity index (χ3v) is 2.30. The van der Waals surface area contributed by atoms with E-state index in [0.717, 1.165) is 24.6 Å². The molecule has 1 N–H and O–H groups in total. The lowest BCUT2D eigenvalue weighted by atomic mass is 10.0. The highest BCUT2D eigenvalue weighted by atomic mass is 16.3. The van der Waals surface area contributed by atoms with Crippen molar-refractivity contribution in [2.75, 3.05) is 13.2 Å². The summed E-state index contributed by atoms with van der Waals surface area (Å²) in [7, 11) is 0. The first-order valence-corrected chi connectivity index (χ1v) is 4.26. The zero-order chi connectivity index (χ0) is 7.68. The molecule has 0 amide bonds. The lowest BCUT2D eigenvalue weighted by molar-refractivity contribution is 0.356. The van der Waals surface area contributed by atoms with Gasteiger partial charge in [0.1, 0.15) is 0 Å². The van der Waals surface area contributed by atoms with Gasteiger partial charge in [0, 0.05) is 6.54 Å². The standard InChI is InChI=1S/C9H13NO/c11-6-9-8(7-3-4-7)2-1-5-10-9/h2,7,11H,1,3-6H2. The summed E-state index contributed by atoms with van der Waals surface area (Å²) in [5.74, 6) is 0.737. The Bertz CT molecular complexity index is 214. The number of hydrogen-bond acceptors (Lipinski definition) is 2. The van der Waals surface area contributed by atoms with Crippen LogP contribution in [0.3, 0.4) is 0 Å². The lowest BCUT2D eigenvalue weighted by Gasteiger charge is -2.11. The summed E-state index contributed by atoms with van der Waals surface area (Å²) in [6, 6.07) is 0. The first-order chi connectivity index (χ1) is 5.42. The molecule has 0 aromatic heterocycles. The Balaban J connectivity index is 2.14. The maximum atomic E-state index is 8.97. The van der Waals surface area contributed by atoms with Crippen molar-refractivity contribution in [2.45, 2.75) is 19.3 Å². The van der Waals surface area contributed by atoms with Crippen LogP contribution < -0.4 is 0 Å². The van der Waals surface area contributed by atoms with Gasteiger partial charge < -0.3 is 5.11 Å². The Morgan fingerprint density at radius 2 is 2.36 bits per heavy atom. The van der Waals surface area contributed by atoms with Gasteiger partial charge in [0.2, 0.25) is 0 Å². The Kier molecular flexibility index (Phi) is 1.78. The van der Waals surface area contributed by atoms with Crippen molar-refractivity contribution < 1.29 is 5.11 Å². The van der Waals surface area contributed by atoms with E-state index in [9.17, 15) is 0 Å². The Hall–Kier alpha value is -0.630. The second-order valence-corrected chi connectivity index (χ2v) is 3.21. The van der Waals surface area contributed by atoms with Crippen molar-refractivity contribution in [3.05, 3.63) is 11.6 Å². The van der Waals surface area contributed by atoms with Gasteiger partial charge in [0.15, 0.2) is 0 Å². The minimum atomic E-state index is 0.127. The van der Waals surface area contributed by atoms with Gasteiger partial charge in [-0.3, -0.25) is 4.99 Å². The first kappa shape index (κ1) is 7.04. The van der Waals surface area contributed by atoms with Gasteiger partial charge in [0.05, 0.1) is 12.3 Å². The zero-order valence-corrected chi connectivity index (χ0v) is 6.58. The fourth-order valence-electron chi connectivity index (χ4n) is 1.57.